The number of ether oxygens (including phenoxy) is 3. The van der Waals surface area contributed by atoms with Gasteiger partial charge in [-0.2, -0.15) is 4.68 Å². The maximum Gasteiger partial charge on any atom is 0.338 e. The first kappa shape index (κ1) is 17.3. The lowest BCUT2D eigenvalue weighted by Crippen LogP contribution is -2.10. The number of fused-ring (bicyclic) bond motifs is 1. The summed E-state index contributed by atoms with van der Waals surface area (Å²) in [5.74, 6) is 0.713. The van der Waals surface area contributed by atoms with E-state index in [1.165, 1.54) is 10.7 Å². The van der Waals surface area contributed by atoms with E-state index in [9.17, 15) is 4.79 Å². The third kappa shape index (κ3) is 3.70. The molecule has 1 aromatic heterocycles. The summed E-state index contributed by atoms with van der Waals surface area (Å²) in [4.78, 5) is 12.5. The third-order valence-electron chi connectivity index (χ3n) is 3.91. The molecule has 0 bridgehead atoms. The zero-order chi connectivity index (χ0) is 18.6. The Labute approximate surface area is 159 Å². The molecule has 138 valence electrons. The number of rotatable bonds is 4. The van der Waals surface area contributed by atoms with Gasteiger partial charge in [-0.05, 0) is 34.7 Å². The van der Waals surface area contributed by atoms with Gasteiger partial charge < -0.3 is 14.2 Å². The number of benzene rings is 2. The van der Waals surface area contributed by atoms with E-state index >= 15 is 0 Å². The van der Waals surface area contributed by atoms with E-state index in [0.29, 0.717) is 35.6 Å². The summed E-state index contributed by atoms with van der Waals surface area (Å²) in [5, 5.41) is 11.8. The molecule has 0 unspecified atom stereocenters. The molecule has 0 atom stereocenters. The molecule has 9 heteroatoms. The van der Waals surface area contributed by atoms with Crippen LogP contribution in [0.1, 0.15) is 22.6 Å². The average molecular weight is 387 g/mol. The van der Waals surface area contributed by atoms with E-state index in [1.54, 1.807) is 6.07 Å². The zero-order valence-electron chi connectivity index (χ0n) is 14.2. The van der Waals surface area contributed by atoms with E-state index in [0.717, 1.165) is 12.1 Å². The van der Waals surface area contributed by atoms with Gasteiger partial charge in [0, 0.05) is 6.42 Å². The second-order valence-electron chi connectivity index (χ2n) is 5.75. The second-order valence-corrected chi connectivity index (χ2v) is 6.16. The fourth-order valence-electron chi connectivity index (χ4n) is 2.63. The number of aromatic nitrogens is 4. The molecular weight excluding hydrogens is 372 g/mol. The highest BCUT2D eigenvalue weighted by Gasteiger charge is 2.20. The molecule has 3 aromatic rings. The quantitative estimate of drug-likeness (QED) is 0.637. The van der Waals surface area contributed by atoms with Crippen molar-refractivity contribution in [3.05, 3.63) is 58.9 Å². The fourth-order valence-corrected chi connectivity index (χ4v) is 2.89. The average Bonchev–Trinajstić information content (AvgIpc) is 3.03. The van der Waals surface area contributed by atoms with Crippen molar-refractivity contribution in [2.24, 2.45) is 0 Å². The zero-order valence-corrected chi connectivity index (χ0v) is 14.9. The highest BCUT2D eigenvalue weighted by molar-refractivity contribution is 6.32. The number of halogens is 1. The lowest BCUT2D eigenvalue weighted by Gasteiger charge is -2.11. The van der Waals surface area contributed by atoms with Crippen LogP contribution < -0.4 is 9.47 Å². The fraction of sp³-hybridized carbons (Fsp3) is 0.222. The van der Waals surface area contributed by atoms with E-state index in [-0.39, 0.29) is 12.2 Å². The Morgan fingerprint density at radius 3 is 2.85 bits per heavy atom. The van der Waals surface area contributed by atoms with Crippen LogP contribution in [0.25, 0.3) is 5.69 Å². The first-order valence-corrected chi connectivity index (χ1v) is 8.69. The largest absolute Gasteiger partial charge is 0.489 e. The van der Waals surface area contributed by atoms with Crippen LogP contribution in [0.4, 0.5) is 0 Å². The molecule has 4 rings (SSSR count). The van der Waals surface area contributed by atoms with Crippen LogP contribution in [0.5, 0.6) is 11.5 Å². The van der Waals surface area contributed by atoms with E-state index in [1.807, 2.05) is 30.3 Å². The first-order chi connectivity index (χ1) is 13.2. The van der Waals surface area contributed by atoms with E-state index < -0.39 is 5.97 Å². The number of nitrogens with zero attached hydrogens (tertiary/aromatic N) is 4. The molecule has 0 amide bonds. The minimum atomic E-state index is -0.560. The van der Waals surface area contributed by atoms with Crippen LogP contribution >= 0.6 is 11.6 Å². The third-order valence-corrected chi connectivity index (χ3v) is 4.19. The molecule has 0 radical (unpaired) electrons. The van der Waals surface area contributed by atoms with Gasteiger partial charge in [-0.25, -0.2) is 4.79 Å². The summed E-state index contributed by atoms with van der Waals surface area (Å²) < 4.78 is 18.0. The molecule has 0 spiro atoms. The Balaban J connectivity index is 1.50. The highest BCUT2D eigenvalue weighted by Crippen LogP contribution is 2.38. The van der Waals surface area contributed by atoms with Gasteiger partial charge in [0.05, 0.1) is 29.5 Å². The van der Waals surface area contributed by atoms with Crippen molar-refractivity contribution in [1.82, 2.24) is 20.2 Å². The summed E-state index contributed by atoms with van der Waals surface area (Å²) in [7, 11) is 0. The highest BCUT2D eigenvalue weighted by atomic mass is 35.5. The summed E-state index contributed by atoms with van der Waals surface area (Å²) >= 11 is 6.22. The van der Waals surface area contributed by atoms with Gasteiger partial charge in [0.25, 0.3) is 0 Å². The van der Waals surface area contributed by atoms with Crippen molar-refractivity contribution < 1.29 is 19.0 Å². The number of carbonyl (C=O) groups is 1. The van der Waals surface area contributed by atoms with Crippen LogP contribution in [-0.4, -0.2) is 39.4 Å². The molecular formula is C18H15ClN4O4. The van der Waals surface area contributed by atoms with Crippen LogP contribution in [-0.2, 0) is 11.3 Å². The maximum atomic E-state index is 12.5. The Morgan fingerprint density at radius 1 is 1.19 bits per heavy atom. The van der Waals surface area contributed by atoms with Gasteiger partial charge in [0.15, 0.2) is 23.9 Å². The van der Waals surface area contributed by atoms with Gasteiger partial charge >= 0.3 is 5.97 Å². The number of para-hydroxylation sites is 1. The minimum absolute atomic E-state index is 0.0905. The van der Waals surface area contributed by atoms with Gasteiger partial charge in [0.2, 0.25) is 0 Å². The molecule has 0 saturated carbocycles. The van der Waals surface area contributed by atoms with Crippen molar-refractivity contribution in [1.29, 1.82) is 0 Å². The summed E-state index contributed by atoms with van der Waals surface area (Å²) in [6.45, 7) is 0.916. The van der Waals surface area contributed by atoms with Gasteiger partial charge in [-0.15, -0.1) is 5.10 Å². The lowest BCUT2D eigenvalue weighted by molar-refractivity contribution is 0.0459. The number of tetrazole rings is 1. The number of hydrogen-bond acceptors (Lipinski definition) is 7. The van der Waals surface area contributed by atoms with Crippen molar-refractivity contribution in [2.75, 3.05) is 13.2 Å². The smallest absolute Gasteiger partial charge is 0.338 e. The topological polar surface area (TPSA) is 88.4 Å². The van der Waals surface area contributed by atoms with Crippen molar-refractivity contribution in [2.45, 2.75) is 13.0 Å². The molecule has 0 saturated heterocycles. The maximum absolute atomic E-state index is 12.5. The monoisotopic (exact) mass is 386 g/mol. The SMILES string of the molecule is O=C(OCc1nnnn1-c1ccccc1)c1cc(Cl)c2c(c1)OCCCO2. The molecule has 8 nitrogen and oxygen atoms in total. The standard InChI is InChI=1S/C18H15ClN4O4/c19-14-9-12(10-15-17(14)26-8-4-7-25-15)18(24)27-11-16-20-21-22-23(16)13-5-2-1-3-6-13/h1-3,5-6,9-10H,4,7-8,11H2. The van der Waals surface area contributed by atoms with Crippen molar-refractivity contribution >= 4 is 17.6 Å². The number of carbonyl (C=O) groups excluding carboxylic acids is 1. The molecule has 1 aliphatic heterocycles. The molecule has 0 fully saturated rings. The first-order valence-electron chi connectivity index (χ1n) is 8.31. The molecule has 2 aromatic carbocycles. The van der Waals surface area contributed by atoms with E-state index in [4.69, 9.17) is 25.8 Å². The Hall–Kier alpha value is -3.13. The predicted octanol–water partition coefficient (Wildman–Crippen LogP) is 2.83. The summed E-state index contributed by atoms with van der Waals surface area (Å²) in [6.07, 6.45) is 0.743. The predicted molar refractivity (Wildman–Crippen MR) is 95.3 cm³/mol. The lowest BCUT2D eigenvalue weighted by atomic mass is 10.2. The Bertz CT molecular complexity index is 961. The van der Waals surface area contributed by atoms with Crippen molar-refractivity contribution in [3.63, 3.8) is 0 Å². The van der Waals surface area contributed by atoms with Crippen LogP contribution in [0, 0.1) is 0 Å². The summed E-state index contributed by atoms with van der Waals surface area (Å²) in [6, 6.07) is 12.4. The minimum Gasteiger partial charge on any atom is -0.489 e. The molecule has 0 aliphatic carbocycles. The Morgan fingerprint density at radius 2 is 2.00 bits per heavy atom. The normalized spacial score (nSPS) is 13.1. The number of hydrogen-bond donors (Lipinski definition) is 0. The van der Waals surface area contributed by atoms with Gasteiger partial charge in [-0.3, -0.25) is 0 Å². The molecule has 2 heterocycles. The molecule has 27 heavy (non-hydrogen) atoms. The Kier molecular flexibility index (Phi) is 4.88. The van der Waals surface area contributed by atoms with Gasteiger partial charge in [0.1, 0.15) is 0 Å². The summed E-state index contributed by atoms with van der Waals surface area (Å²) in [5.41, 5.74) is 1.04. The molecule has 1 aliphatic rings. The second kappa shape index (κ2) is 7.63. The van der Waals surface area contributed by atoms with Crippen LogP contribution in [0.15, 0.2) is 42.5 Å². The van der Waals surface area contributed by atoms with Gasteiger partial charge in [-0.1, -0.05) is 29.8 Å². The molecule has 0 N–H and O–H groups in total. The van der Waals surface area contributed by atoms with Crippen LogP contribution in [0.2, 0.25) is 5.02 Å². The van der Waals surface area contributed by atoms with E-state index in [2.05, 4.69) is 15.5 Å². The van der Waals surface area contributed by atoms with Crippen molar-refractivity contribution in [3.8, 4) is 17.2 Å². The number of esters is 1. The van der Waals surface area contributed by atoms with Crippen LogP contribution in [0.3, 0.4) is 0 Å².